The highest BCUT2D eigenvalue weighted by molar-refractivity contribution is 8.04. The molecule has 11 heteroatoms. The molecule has 1 unspecified atom stereocenters. The quantitative estimate of drug-likeness (QED) is 0.333. The van der Waals surface area contributed by atoms with E-state index in [1.807, 2.05) is 0 Å². The van der Waals surface area contributed by atoms with E-state index in [1.165, 1.54) is 55.5 Å². The van der Waals surface area contributed by atoms with Crippen molar-refractivity contribution in [2.45, 2.75) is 22.5 Å². The van der Waals surface area contributed by atoms with Gasteiger partial charge >= 0.3 is 11.8 Å². The number of carbonyl (C=O) groups is 1. The van der Waals surface area contributed by atoms with Crippen LogP contribution in [-0.4, -0.2) is 33.1 Å². The van der Waals surface area contributed by atoms with Gasteiger partial charge in [-0.05, 0) is 47.0 Å². The predicted octanol–water partition coefficient (Wildman–Crippen LogP) is 4.11. The average Bonchev–Trinajstić information content (AvgIpc) is 2.80. The van der Waals surface area contributed by atoms with Crippen LogP contribution < -0.4 is 0 Å². The SMILES string of the molecule is CCOC(=O)C(F)(c1cccc(Cl)c1)N(S(=O)(=O)c1ccccc1)S(=O)(=O)c1ccccc1. The molecule has 0 aliphatic heterocycles. The Bertz CT molecular complexity index is 1280. The summed E-state index contributed by atoms with van der Waals surface area (Å²) >= 11 is 5.96. The van der Waals surface area contributed by atoms with Crippen molar-refractivity contribution in [1.29, 1.82) is 0 Å². The summed E-state index contributed by atoms with van der Waals surface area (Å²) in [7, 11) is -10.3. The van der Waals surface area contributed by atoms with Gasteiger partial charge in [0.15, 0.2) is 0 Å². The molecule has 0 saturated heterocycles. The number of esters is 1. The third kappa shape index (κ3) is 4.65. The summed E-state index contributed by atoms with van der Waals surface area (Å²) in [6.45, 7) is 1.04. The van der Waals surface area contributed by atoms with Crippen LogP contribution in [0.5, 0.6) is 0 Å². The van der Waals surface area contributed by atoms with Crippen LogP contribution >= 0.6 is 11.6 Å². The minimum atomic E-state index is -5.16. The van der Waals surface area contributed by atoms with Gasteiger partial charge in [0.25, 0.3) is 20.0 Å². The molecule has 3 aromatic rings. The number of ether oxygens (including phenoxy) is 1. The van der Waals surface area contributed by atoms with Crippen LogP contribution in [0.4, 0.5) is 4.39 Å². The molecule has 0 aliphatic rings. The first-order valence-corrected chi connectivity index (χ1v) is 12.8. The second-order valence-corrected chi connectivity index (χ2v) is 10.9. The molecule has 3 aromatic carbocycles. The van der Waals surface area contributed by atoms with Crippen molar-refractivity contribution in [3.63, 3.8) is 0 Å². The van der Waals surface area contributed by atoms with Gasteiger partial charge in [-0.25, -0.2) is 26.0 Å². The Morgan fingerprint density at radius 1 is 0.879 bits per heavy atom. The van der Waals surface area contributed by atoms with Gasteiger partial charge in [-0.1, -0.05) is 60.1 Å². The summed E-state index contributed by atoms with van der Waals surface area (Å²) in [5.74, 6) is -5.53. The second kappa shape index (κ2) is 9.60. The van der Waals surface area contributed by atoms with E-state index < -0.39 is 50.9 Å². The Hall–Kier alpha value is -2.79. The molecule has 0 spiro atoms. The number of carbonyl (C=O) groups excluding carboxylic acids is 1. The molecule has 33 heavy (non-hydrogen) atoms. The maximum absolute atomic E-state index is 16.9. The molecule has 1 atom stereocenters. The zero-order valence-electron chi connectivity index (χ0n) is 17.3. The van der Waals surface area contributed by atoms with E-state index in [0.29, 0.717) is 0 Å². The summed E-state index contributed by atoms with van der Waals surface area (Å²) in [5.41, 5.74) is -0.632. The lowest BCUT2D eigenvalue weighted by Crippen LogP contribution is -2.54. The van der Waals surface area contributed by atoms with Gasteiger partial charge in [-0.2, -0.15) is 0 Å². The Morgan fingerprint density at radius 3 is 1.79 bits per heavy atom. The fraction of sp³-hybridized carbons (Fsp3) is 0.136. The van der Waals surface area contributed by atoms with E-state index in [4.69, 9.17) is 16.3 Å². The summed E-state index contributed by atoms with van der Waals surface area (Å²) < 4.78 is 75.8. The number of sulfonamides is 2. The van der Waals surface area contributed by atoms with Gasteiger partial charge in [0.2, 0.25) is 0 Å². The average molecular weight is 512 g/mol. The first-order chi connectivity index (χ1) is 15.6. The number of rotatable bonds is 8. The zero-order chi connectivity index (χ0) is 24.3. The van der Waals surface area contributed by atoms with Gasteiger partial charge < -0.3 is 4.74 Å². The highest BCUT2D eigenvalue weighted by Crippen LogP contribution is 2.41. The molecule has 7 nitrogen and oxygen atoms in total. The van der Waals surface area contributed by atoms with Gasteiger partial charge in [0.05, 0.1) is 16.4 Å². The standard InChI is InChI=1S/C22H19ClFNO6S2/c1-2-31-21(26)22(24,17-10-9-11-18(23)16-17)25(32(27,28)19-12-5-3-6-13-19)33(29,30)20-14-7-4-8-15-20/h3-16H,2H2,1H3. The smallest absolute Gasteiger partial charge is 0.366 e. The first kappa shape index (κ1) is 24.8. The van der Waals surface area contributed by atoms with Crippen LogP contribution in [0.2, 0.25) is 5.02 Å². The summed E-state index contributed by atoms with van der Waals surface area (Å²) in [6, 6.07) is 17.3. The predicted molar refractivity (Wildman–Crippen MR) is 120 cm³/mol. The maximum Gasteiger partial charge on any atom is 0.366 e. The van der Waals surface area contributed by atoms with Crippen molar-refractivity contribution in [3.8, 4) is 0 Å². The fourth-order valence-corrected chi connectivity index (χ4v) is 7.20. The Kier molecular flexibility index (Phi) is 7.23. The second-order valence-electron chi connectivity index (χ2n) is 6.69. The zero-order valence-corrected chi connectivity index (χ0v) is 19.6. The molecule has 0 radical (unpaired) electrons. The number of alkyl halides is 1. The monoisotopic (exact) mass is 511 g/mol. The fourth-order valence-electron chi connectivity index (χ4n) is 3.06. The van der Waals surface area contributed by atoms with E-state index in [1.54, 1.807) is 0 Å². The lowest BCUT2D eigenvalue weighted by atomic mass is 10.1. The van der Waals surface area contributed by atoms with Gasteiger partial charge in [-0.3, -0.25) is 0 Å². The van der Waals surface area contributed by atoms with Crippen molar-refractivity contribution in [3.05, 3.63) is 95.5 Å². The van der Waals surface area contributed by atoms with Crippen LogP contribution in [0.3, 0.4) is 0 Å². The number of benzene rings is 3. The van der Waals surface area contributed by atoms with E-state index in [2.05, 4.69) is 0 Å². The molecule has 0 heterocycles. The van der Waals surface area contributed by atoms with Crippen LogP contribution in [0.25, 0.3) is 0 Å². The van der Waals surface area contributed by atoms with E-state index in [-0.39, 0.29) is 11.6 Å². The first-order valence-electron chi connectivity index (χ1n) is 9.59. The van der Waals surface area contributed by atoms with Crippen LogP contribution in [-0.2, 0) is 35.4 Å². The highest BCUT2D eigenvalue weighted by Gasteiger charge is 2.60. The Labute approximate surface area is 196 Å². The van der Waals surface area contributed by atoms with Gasteiger partial charge in [0, 0.05) is 10.6 Å². The molecular formula is C22H19ClFNO6S2. The molecule has 0 fully saturated rings. The lowest BCUT2D eigenvalue weighted by molar-refractivity contribution is -0.164. The molecule has 0 saturated carbocycles. The summed E-state index contributed by atoms with van der Waals surface area (Å²) in [6.07, 6.45) is 0. The molecule has 0 bridgehead atoms. The van der Waals surface area contributed by atoms with Crippen LogP contribution in [0.1, 0.15) is 12.5 Å². The summed E-state index contributed by atoms with van der Waals surface area (Å²) in [5, 5.41) is -0.0482. The maximum atomic E-state index is 16.9. The lowest BCUT2D eigenvalue weighted by Gasteiger charge is -2.34. The van der Waals surface area contributed by atoms with E-state index >= 15 is 4.39 Å². The van der Waals surface area contributed by atoms with Crippen molar-refractivity contribution in [2.24, 2.45) is 0 Å². The minimum absolute atomic E-state index is 0.0482. The normalized spacial score (nSPS) is 13.9. The van der Waals surface area contributed by atoms with E-state index in [0.717, 1.165) is 36.4 Å². The van der Waals surface area contributed by atoms with E-state index in [9.17, 15) is 21.6 Å². The molecule has 0 amide bonds. The Balaban J connectivity index is 2.43. The van der Waals surface area contributed by atoms with Crippen LogP contribution in [0.15, 0.2) is 94.7 Å². The minimum Gasteiger partial charge on any atom is -0.462 e. The largest absolute Gasteiger partial charge is 0.462 e. The van der Waals surface area contributed by atoms with Gasteiger partial charge in [-0.15, -0.1) is 0 Å². The van der Waals surface area contributed by atoms with Crippen molar-refractivity contribution in [1.82, 2.24) is 3.71 Å². The third-order valence-corrected chi connectivity index (χ3v) is 9.05. The van der Waals surface area contributed by atoms with Crippen molar-refractivity contribution in [2.75, 3.05) is 6.61 Å². The van der Waals surface area contributed by atoms with Gasteiger partial charge in [0.1, 0.15) is 0 Å². The molecule has 0 aromatic heterocycles. The van der Waals surface area contributed by atoms with Crippen molar-refractivity contribution < 1.29 is 30.8 Å². The third-order valence-electron chi connectivity index (χ3n) is 4.52. The van der Waals surface area contributed by atoms with Crippen molar-refractivity contribution >= 4 is 37.6 Å². The number of halogens is 2. The number of hydrogen-bond donors (Lipinski definition) is 0. The van der Waals surface area contributed by atoms with Crippen LogP contribution in [0, 0.1) is 0 Å². The molecule has 0 aliphatic carbocycles. The molecule has 3 rings (SSSR count). The Morgan fingerprint density at radius 2 is 1.36 bits per heavy atom. The summed E-state index contributed by atoms with van der Waals surface area (Å²) in [4.78, 5) is 11.9. The molecule has 0 N–H and O–H groups in total. The molecular weight excluding hydrogens is 493 g/mol. The highest BCUT2D eigenvalue weighted by atomic mass is 35.5. The number of nitrogens with zero attached hydrogens (tertiary/aromatic N) is 1. The molecule has 174 valence electrons. The topological polar surface area (TPSA) is 97.8 Å². The number of hydrogen-bond acceptors (Lipinski definition) is 6.